The fourth-order valence-corrected chi connectivity index (χ4v) is 1.85. The first-order chi connectivity index (χ1) is 9.02. The van der Waals surface area contributed by atoms with Crippen LogP contribution in [-0.4, -0.2) is 30.5 Å². The number of nitrogens with zero attached hydrogens (tertiary/aromatic N) is 2. The highest BCUT2D eigenvalue weighted by Crippen LogP contribution is 2.33. The summed E-state index contributed by atoms with van der Waals surface area (Å²) in [7, 11) is 3.16. The van der Waals surface area contributed by atoms with Gasteiger partial charge in [0.25, 0.3) is 0 Å². The number of nitro benzene ring substituents is 1. The summed E-state index contributed by atoms with van der Waals surface area (Å²) in [6.07, 6.45) is 5.33. The predicted molar refractivity (Wildman–Crippen MR) is 69.4 cm³/mol. The number of benzene rings is 1. The minimum absolute atomic E-state index is 0.0799. The molecule has 6 heteroatoms. The van der Waals surface area contributed by atoms with E-state index in [0.29, 0.717) is 12.1 Å². The van der Waals surface area contributed by atoms with E-state index in [4.69, 9.17) is 4.74 Å². The molecule has 0 saturated heterocycles. The lowest BCUT2D eigenvalue weighted by atomic mass is 10.0. The molecule has 0 amide bonds. The van der Waals surface area contributed by atoms with Crippen molar-refractivity contribution >= 4 is 11.3 Å². The van der Waals surface area contributed by atoms with Crippen LogP contribution in [0.1, 0.15) is 5.56 Å². The van der Waals surface area contributed by atoms with Crippen LogP contribution in [0.25, 0.3) is 5.57 Å². The molecule has 5 nitrogen and oxygen atoms in total. The van der Waals surface area contributed by atoms with Crippen LogP contribution in [-0.2, 0) is 0 Å². The summed E-state index contributed by atoms with van der Waals surface area (Å²) >= 11 is 0. The molecule has 1 heterocycles. The van der Waals surface area contributed by atoms with Crippen molar-refractivity contribution in [2.45, 2.75) is 0 Å². The van der Waals surface area contributed by atoms with E-state index < -0.39 is 10.7 Å². The molecule has 1 aromatic rings. The summed E-state index contributed by atoms with van der Waals surface area (Å²) in [5, 5.41) is 10.9. The molecule has 1 aliphatic heterocycles. The van der Waals surface area contributed by atoms with E-state index in [1.807, 2.05) is 18.0 Å². The normalized spacial score (nSPS) is 14.3. The molecule has 0 fully saturated rings. The van der Waals surface area contributed by atoms with Crippen molar-refractivity contribution in [3.63, 3.8) is 0 Å². The van der Waals surface area contributed by atoms with Crippen molar-refractivity contribution in [2.75, 3.05) is 20.7 Å². The molecule has 0 bridgehead atoms. The summed E-state index contributed by atoms with van der Waals surface area (Å²) in [4.78, 5) is 12.3. The Morgan fingerprint density at radius 3 is 2.74 bits per heavy atom. The average Bonchev–Trinajstić information content (AvgIpc) is 2.39. The van der Waals surface area contributed by atoms with Crippen molar-refractivity contribution in [3.8, 4) is 5.75 Å². The summed E-state index contributed by atoms with van der Waals surface area (Å²) in [5.41, 5.74) is 0.588. The van der Waals surface area contributed by atoms with E-state index in [-0.39, 0.29) is 17.0 Å². The molecule has 0 radical (unpaired) electrons. The molecule has 2 rings (SSSR count). The lowest BCUT2D eigenvalue weighted by molar-refractivity contribution is -0.385. The molecule has 0 unspecified atom stereocenters. The summed E-state index contributed by atoms with van der Waals surface area (Å²) in [6, 6.07) is 2.25. The van der Waals surface area contributed by atoms with Crippen molar-refractivity contribution in [1.82, 2.24) is 4.90 Å². The van der Waals surface area contributed by atoms with E-state index in [1.165, 1.54) is 13.2 Å². The second-order valence-electron chi connectivity index (χ2n) is 4.18. The molecule has 1 aliphatic rings. The highest BCUT2D eigenvalue weighted by Gasteiger charge is 2.20. The third-order valence-electron chi connectivity index (χ3n) is 2.88. The molecule has 19 heavy (non-hydrogen) atoms. The lowest BCUT2D eigenvalue weighted by Crippen LogP contribution is -2.13. The Labute approximate surface area is 109 Å². The van der Waals surface area contributed by atoms with Crippen molar-refractivity contribution in [2.24, 2.45) is 0 Å². The molecular formula is C13H13FN2O3. The van der Waals surface area contributed by atoms with Gasteiger partial charge < -0.3 is 9.64 Å². The minimum Gasteiger partial charge on any atom is -0.490 e. The average molecular weight is 264 g/mol. The minimum atomic E-state index is -0.582. The first-order valence-corrected chi connectivity index (χ1v) is 5.64. The summed E-state index contributed by atoms with van der Waals surface area (Å²) < 4.78 is 18.8. The molecule has 0 saturated carbocycles. The monoisotopic (exact) mass is 264 g/mol. The van der Waals surface area contributed by atoms with Gasteiger partial charge in [0, 0.05) is 31.3 Å². The van der Waals surface area contributed by atoms with Crippen molar-refractivity contribution in [1.29, 1.82) is 0 Å². The van der Waals surface area contributed by atoms with E-state index in [1.54, 1.807) is 12.3 Å². The Kier molecular flexibility index (Phi) is 3.50. The van der Waals surface area contributed by atoms with Crippen LogP contribution in [0.5, 0.6) is 5.75 Å². The molecule has 0 aromatic heterocycles. The van der Waals surface area contributed by atoms with Gasteiger partial charge in [-0.25, -0.2) is 4.39 Å². The number of hydrogen-bond acceptors (Lipinski definition) is 4. The van der Waals surface area contributed by atoms with Gasteiger partial charge in [-0.1, -0.05) is 6.08 Å². The number of methoxy groups -OCH3 is 1. The Morgan fingerprint density at radius 2 is 2.21 bits per heavy atom. The number of likely N-dealkylation sites (N-methyl/N-ethyl adjacent to an activating group) is 1. The summed E-state index contributed by atoms with van der Waals surface area (Å²) in [6.45, 7) is 0.630. The molecular weight excluding hydrogens is 251 g/mol. The fourth-order valence-electron chi connectivity index (χ4n) is 1.85. The van der Waals surface area contributed by atoms with Gasteiger partial charge in [0.05, 0.1) is 12.0 Å². The number of halogens is 1. The van der Waals surface area contributed by atoms with Crippen LogP contribution >= 0.6 is 0 Å². The molecule has 0 aliphatic carbocycles. The van der Waals surface area contributed by atoms with Gasteiger partial charge in [-0.15, -0.1) is 0 Å². The van der Waals surface area contributed by atoms with Crippen molar-refractivity contribution < 1.29 is 14.1 Å². The maximum Gasteiger partial charge on any atom is 0.311 e. The van der Waals surface area contributed by atoms with E-state index in [9.17, 15) is 14.5 Å². The van der Waals surface area contributed by atoms with Gasteiger partial charge in [0.1, 0.15) is 5.82 Å². The zero-order valence-electron chi connectivity index (χ0n) is 10.6. The lowest BCUT2D eigenvalue weighted by Gasteiger charge is -2.17. The molecule has 0 N–H and O–H groups in total. The number of rotatable bonds is 3. The van der Waals surface area contributed by atoms with Crippen molar-refractivity contribution in [3.05, 3.63) is 52.0 Å². The number of ether oxygens (including phenoxy) is 1. The largest absolute Gasteiger partial charge is 0.490 e. The molecule has 1 aromatic carbocycles. The number of allylic oxidation sites excluding steroid dienone is 2. The van der Waals surface area contributed by atoms with Gasteiger partial charge in [0.15, 0.2) is 5.75 Å². The first-order valence-electron chi connectivity index (χ1n) is 5.64. The second kappa shape index (κ2) is 5.09. The standard InChI is InChI=1S/C13H13FN2O3/c1-15-5-3-9(4-6-15)10-7-12(16(17)18)13(19-2)8-11(10)14/h3-5,7-8H,6H2,1-2H3. The fraction of sp³-hybridized carbons (Fsp3) is 0.231. The predicted octanol–water partition coefficient (Wildman–Crippen LogP) is 2.59. The topological polar surface area (TPSA) is 55.6 Å². The van der Waals surface area contributed by atoms with E-state index in [0.717, 1.165) is 6.07 Å². The molecule has 0 atom stereocenters. The van der Waals surface area contributed by atoms with Crippen LogP contribution in [0.15, 0.2) is 30.5 Å². The Balaban J connectivity index is 2.50. The third-order valence-corrected chi connectivity index (χ3v) is 2.88. The van der Waals surface area contributed by atoms with Gasteiger partial charge in [-0.3, -0.25) is 10.1 Å². The quantitative estimate of drug-likeness (QED) is 0.622. The van der Waals surface area contributed by atoms with E-state index in [2.05, 4.69) is 0 Å². The second-order valence-corrected chi connectivity index (χ2v) is 4.18. The van der Waals surface area contributed by atoms with Gasteiger partial charge in [-0.05, 0) is 17.8 Å². The van der Waals surface area contributed by atoms with Crippen LogP contribution in [0.4, 0.5) is 10.1 Å². The maximum absolute atomic E-state index is 14.0. The van der Waals surface area contributed by atoms with E-state index >= 15 is 0 Å². The number of hydrogen-bond donors (Lipinski definition) is 0. The van der Waals surface area contributed by atoms with Crippen LogP contribution in [0.3, 0.4) is 0 Å². The Hall–Kier alpha value is -2.37. The highest BCUT2D eigenvalue weighted by molar-refractivity contribution is 5.77. The highest BCUT2D eigenvalue weighted by atomic mass is 19.1. The van der Waals surface area contributed by atoms with Crippen LogP contribution < -0.4 is 4.74 Å². The Bertz CT molecular complexity index is 581. The maximum atomic E-state index is 14.0. The zero-order valence-corrected chi connectivity index (χ0v) is 10.6. The molecule has 0 spiro atoms. The number of nitro groups is 1. The van der Waals surface area contributed by atoms with Crippen LogP contribution in [0.2, 0.25) is 0 Å². The smallest absolute Gasteiger partial charge is 0.311 e. The third kappa shape index (κ3) is 2.57. The SMILES string of the molecule is COc1cc(F)c(C2=CCN(C)C=C2)cc1[N+](=O)[O-]. The van der Waals surface area contributed by atoms with Gasteiger partial charge in [0.2, 0.25) is 0 Å². The molecule has 100 valence electrons. The Morgan fingerprint density at radius 1 is 1.47 bits per heavy atom. The van der Waals surface area contributed by atoms with Crippen LogP contribution in [0, 0.1) is 15.9 Å². The van der Waals surface area contributed by atoms with Gasteiger partial charge in [-0.2, -0.15) is 0 Å². The zero-order chi connectivity index (χ0) is 14.0. The van der Waals surface area contributed by atoms with Gasteiger partial charge >= 0.3 is 5.69 Å². The summed E-state index contributed by atoms with van der Waals surface area (Å²) in [5.74, 6) is -0.619. The first kappa shape index (κ1) is 13.1.